The first kappa shape index (κ1) is 23.4. The van der Waals surface area contributed by atoms with Crippen molar-refractivity contribution in [2.75, 3.05) is 12.9 Å². The van der Waals surface area contributed by atoms with Crippen molar-refractivity contribution in [3.05, 3.63) is 76.2 Å². The number of alkyl halides is 3. The van der Waals surface area contributed by atoms with Crippen LogP contribution in [-0.2, 0) is 12.7 Å². The molecule has 0 aliphatic carbocycles. The van der Waals surface area contributed by atoms with Crippen LogP contribution in [0.15, 0.2) is 64.4 Å². The number of nitrogens with one attached hydrogen (secondary N) is 1. The number of aromatic nitrogens is 3. The number of hydrogen-bond donors (Lipinski definition) is 1. The van der Waals surface area contributed by atoms with Crippen LogP contribution in [0.4, 0.5) is 13.2 Å². The highest BCUT2D eigenvalue weighted by atomic mass is 32.2. The molecule has 1 N–H and O–H groups in total. The minimum Gasteiger partial charge on any atom is -0.497 e. The Bertz CT molecular complexity index is 1420. The van der Waals surface area contributed by atoms with Crippen molar-refractivity contribution in [1.29, 1.82) is 5.26 Å². The highest BCUT2D eigenvalue weighted by molar-refractivity contribution is 7.99. The molecule has 0 bridgehead atoms. The fourth-order valence-corrected chi connectivity index (χ4v) is 4.52. The summed E-state index contributed by atoms with van der Waals surface area (Å²) in [6.45, 7) is 0.377. The molecule has 0 saturated carbocycles. The van der Waals surface area contributed by atoms with Crippen LogP contribution in [0.2, 0.25) is 0 Å². The van der Waals surface area contributed by atoms with Crippen molar-refractivity contribution >= 4 is 22.8 Å². The second kappa shape index (κ2) is 9.65. The smallest absolute Gasteiger partial charge is 0.417 e. The highest BCUT2D eigenvalue weighted by Crippen LogP contribution is 2.38. The number of methoxy groups -OCH3 is 1. The number of halogens is 3. The first-order valence-corrected chi connectivity index (χ1v) is 11.3. The molecule has 0 saturated heterocycles. The lowest BCUT2D eigenvalue weighted by Crippen LogP contribution is -2.17. The topological polar surface area (TPSA) is 83.7 Å². The van der Waals surface area contributed by atoms with E-state index in [2.05, 4.69) is 9.97 Å². The Morgan fingerprint density at radius 3 is 2.59 bits per heavy atom. The van der Waals surface area contributed by atoms with Gasteiger partial charge >= 0.3 is 11.9 Å². The molecule has 4 aromatic rings. The monoisotopic (exact) mass is 484 g/mol. The SMILES string of the molecule is COc1ccc(-c2cc(C(F)(F)F)c(C#N)c(SCCCn3c(=O)[nH]c4ccccc43)n2)cc1. The number of hydrogen-bond acceptors (Lipinski definition) is 5. The van der Waals surface area contributed by atoms with Gasteiger partial charge in [0.05, 0.1) is 35.0 Å². The Kier molecular flexibility index (Phi) is 6.65. The van der Waals surface area contributed by atoms with E-state index in [0.717, 1.165) is 28.9 Å². The Hall–Kier alpha value is -3.71. The lowest BCUT2D eigenvalue weighted by atomic mass is 10.1. The molecular formula is C24H19F3N4O2S. The molecule has 10 heteroatoms. The molecule has 0 unspecified atom stereocenters. The molecule has 2 heterocycles. The normalized spacial score (nSPS) is 11.5. The second-order valence-electron chi connectivity index (χ2n) is 7.37. The average molecular weight is 485 g/mol. The molecule has 0 spiro atoms. The van der Waals surface area contributed by atoms with E-state index in [-0.39, 0.29) is 16.4 Å². The zero-order valence-corrected chi connectivity index (χ0v) is 18.8. The minimum atomic E-state index is -4.71. The molecule has 6 nitrogen and oxygen atoms in total. The van der Waals surface area contributed by atoms with Crippen LogP contribution in [0.1, 0.15) is 17.5 Å². The van der Waals surface area contributed by atoms with Crippen LogP contribution in [0.3, 0.4) is 0 Å². The molecule has 2 aromatic carbocycles. The van der Waals surface area contributed by atoms with Crippen LogP contribution in [0.25, 0.3) is 22.3 Å². The van der Waals surface area contributed by atoms with E-state index in [4.69, 9.17) is 4.74 Å². The van der Waals surface area contributed by atoms with Gasteiger partial charge in [0, 0.05) is 17.9 Å². The number of aryl methyl sites for hydroxylation is 1. The summed E-state index contributed by atoms with van der Waals surface area (Å²) in [5, 5.41) is 9.49. The Morgan fingerprint density at radius 1 is 1.18 bits per heavy atom. The number of H-pyrrole nitrogens is 1. The van der Waals surface area contributed by atoms with Crippen LogP contribution >= 0.6 is 11.8 Å². The maximum atomic E-state index is 13.7. The number of aromatic amines is 1. The molecule has 174 valence electrons. The Labute approximate surface area is 197 Å². The predicted octanol–water partition coefficient (Wildman–Crippen LogP) is 5.47. The summed E-state index contributed by atoms with van der Waals surface area (Å²) in [5.74, 6) is 0.937. The van der Waals surface area contributed by atoms with E-state index in [1.54, 1.807) is 41.0 Å². The van der Waals surface area contributed by atoms with Gasteiger partial charge in [-0.1, -0.05) is 12.1 Å². The Balaban J connectivity index is 1.60. The fourth-order valence-electron chi connectivity index (χ4n) is 3.59. The third kappa shape index (κ3) is 4.79. The zero-order chi connectivity index (χ0) is 24.3. The number of nitrogens with zero attached hydrogens (tertiary/aromatic N) is 3. The number of rotatable bonds is 7. The van der Waals surface area contributed by atoms with Crippen molar-refractivity contribution < 1.29 is 17.9 Å². The number of ether oxygens (including phenoxy) is 1. The third-order valence-electron chi connectivity index (χ3n) is 5.24. The van der Waals surface area contributed by atoms with Gasteiger partial charge in [0.25, 0.3) is 0 Å². The predicted molar refractivity (Wildman–Crippen MR) is 124 cm³/mol. The summed E-state index contributed by atoms with van der Waals surface area (Å²) in [6, 6.07) is 16.3. The Morgan fingerprint density at radius 2 is 1.91 bits per heavy atom. The van der Waals surface area contributed by atoms with Gasteiger partial charge in [0.15, 0.2) is 0 Å². The summed E-state index contributed by atoms with van der Waals surface area (Å²) < 4.78 is 47.9. The van der Waals surface area contributed by atoms with Crippen molar-refractivity contribution in [3.63, 3.8) is 0 Å². The summed E-state index contributed by atoms with van der Waals surface area (Å²) >= 11 is 1.07. The molecule has 0 atom stereocenters. The first-order chi connectivity index (χ1) is 16.3. The van der Waals surface area contributed by atoms with Gasteiger partial charge in [-0.15, -0.1) is 11.8 Å². The number of imidazole rings is 1. The lowest BCUT2D eigenvalue weighted by molar-refractivity contribution is -0.138. The van der Waals surface area contributed by atoms with Crippen LogP contribution in [0.5, 0.6) is 5.75 Å². The van der Waals surface area contributed by atoms with Crippen molar-refractivity contribution in [2.45, 2.75) is 24.2 Å². The van der Waals surface area contributed by atoms with E-state index in [9.17, 15) is 23.2 Å². The van der Waals surface area contributed by atoms with E-state index in [0.29, 0.717) is 30.0 Å². The molecule has 0 radical (unpaired) electrons. The van der Waals surface area contributed by atoms with Gasteiger partial charge in [0.2, 0.25) is 0 Å². The van der Waals surface area contributed by atoms with Crippen LogP contribution in [-0.4, -0.2) is 27.4 Å². The number of nitriles is 1. The van der Waals surface area contributed by atoms with Gasteiger partial charge < -0.3 is 9.72 Å². The van der Waals surface area contributed by atoms with Gasteiger partial charge in [-0.25, -0.2) is 9.78 Å². The van der Waals surface area contributed by atoms with Crippen LogP contribution < -0.4 is 10.4 Å². The van der Waals surface area contributed by atoms with E-state index in [1.807, 2.05) is 18.2 Å². The van der Waals surface area contributed by atoms with E-state index < -0.39 is 17.3 Å². The molecule has 2 aromatic heterocycles. The molecule has 0 amide bonds. The maximum absolute atomic E-state index is 13.7. The van der Waals surface area contributed by atoms with Gasteiger partial charge in [-0.2, -0.15) is 18.4 Å². The largest absolute Gasteiger partial charge is 0.497 e. The minimum absolute atomic E-state index is 0.00872. The van der Waals surface area contributed by atoms with E-state index in [1.165, 1.54) is 7.11 Å². The number of thioether (sulfide) groups is 1. The van der Waals surface area contributed by atoms with Gasteiger partial charge in [-0.05, 0) is 48.9 Å². The summed E-state index contributed by atoms with van der Waals surface area (Å²) in [5.41, 5.74) is 0.296. The number of para-hydroxylation sites is 2. The van der Waals surface area contributed by atoms with Crippen LogP contribution in [0, 0.1) is 11.3 Å². The zero-order valence-electron chi connectivity index (χ0n) is 18.0. The summed E-state index contributed by atoms with van der Waals surface area (Å²) in [7, 11) is 1.50. The molecule has 0 aliphatic rings. The molecule has 0 aliphatic heterocycles. The molecule has 34 heavy (non-hydrogen) atoms. The molecule has 0 fully saturated rings. The summed E-state index contributed by atoms with van der Waals surface area (Å²) in [4.78, 5) is 19.4. The second-order valence-corrected chi connectivity index (χ2v) is 8.46. The first-order valence-electron chi connectivity index (χ1n) is 10.3. The third-order valence-corrected chi connectivity index (χ3v) is 6.30. The maximum Gasteiger partial charge on any atom is 0.417 e. The molecule has 4 rings (SSSR count). The van der Waals surface area contributed by atoms with Crippen molar-refractivity contribution in [1.82, 2.24) is 14.5 Å². The van der Waals surface area contributed by atoms with Gasteiger partial charge in [0.1, 0.15) is 16.8 Å². The summed E-state index contributed by atoms with van der Waals surface area (Å²) in [6.07, 6.45) is -4.21. The van der Waals surface area contributed by atoms with Crippen molar-refractivity contribution in [2.24, 2.45) is 0 Å². The fraction of sp³-hybridized carbons (Fsp3) is 0.208. The number of benzene rings is 2. The quantitative estimate of drug-likeness (QED) is 0.278. The number of pyridine rings is 1. The van der Waals surface area contributed by atoms with Gasteiger partial charge in [-0.3, -0.25) is 4.57 Å². The average Bonchev–Trinajstić information content (AvgIpc) is 3.15. The lowest BCUT2D eigenvalue weighted by Gasteiger charge is -2.14. The standard InChI is InChI=1S/C24H19F3N4O2S/c1-33-16-9-7-15(8-10-16)20-13-18(24(25,26)27)17(14-28)22(29-20)34-12-4-11-31-21-6-3-2-5-19(21)30-23(31)32/h2-3,5-10,13H,4,11-12H2,1H3,(H,30,32). The van der Waals surface area contributed by atoms with Crippen molar-refractivity contribution in [3.8, 4) is 23.1 Å². The van der Waals surface area contributed by atoms with E-state index >= 15 is 0 Å². The highest BCUT2D eigenvalue weighted by Gasteiger charge is 2.36. The number of fused-ring (bicyclic) bond motifs is 1. The molecular weight excluding hydrogens is 465 g/mol.